The third-order valence-electron chi connectivity index (χ3n) is 3.43. The molecule has 16 heavy (non-hydrogen) atoms. The summed E-state index contributed by atoms with van der Waals surface area (Å²) in [5.74, 6) is 0. The molecule has 1 saturated heterocycles. The standard InChI is InChI=1S/C11H20F3NO/c1-9(2,3)15-7-5-10(16-4,6-8-15)11(12,13)14/h5-8H2,1-4H3. The monoisotopic (exact) mass is 239 g/mol. The number of alkyl halides is 3. The van der Waals surface area contributed by atoms with Gasteiger partial charge in [0.25, 0.3) is 0 Å². The lowest BCUT2D eigenvalue weighted by Crippen LogP contribution is -2.57. The van der Waals surface area contributed by atoms with Crippen LogP contribution < -0.4 is 0 Å². The number of methoxy groups -OCH3 is 1. The Bertz CT molecular complexity index is 237. The Morgan fingerprint density at radius 3 is 1.75 bits per heavy atom. The van der Waals surface area contributed by atoms with Crippen molar-refractivity contribution >= 4 is 0 Å². The Morgan fingerprint density at radius 1 is 1.06 bits per heavy atom. The van der Waals surface area contributed by atoms with E-state index in [1.807, 2.05) is 20.8 Å². The van der Waals surface area contributed by atoms with Crippen LogP contribution in [0.1, 0.15) is 33.6 Å². The molecule has 0 N–H and O–H groups in total. The van der Waals surface area contributed by atoms with Gasteiger partial charge in [0.1, 0.15) is 0 Å². The fraction of sp³-hybridized carbons (Fsp3) is 1.00. The Morgan fingerprint density at radius 2 is 1.50 bits per heavy atom. The van der Waals surface area contributed by atoms with Crippen molar-refractivity contribution in [2.45, 2.75) is 50.9 Å². The highest BCUT2D eigenvalue weighted by Gasteiger charge is 2.56. The van der Waals surface area contributed by atoms with E-state index in [1.165, 1.54) is 0 Å². The van der Waals surface area contributed by atoms with E-state index in [9.17, 15) is 13.2 Å². The molecule has 0 saturated carbocycles. The lowest BCUT2D eigenvalue weighted by atomic mass is 9.88. The second-order valence-corrected chi connectivity index (χ2v) is 5.35. The summed E-state index contributed by atoms with van der Waals surface area (Å²) >= 11 is 0. The second kappa shape index (κ2) is 4.18. The van der Waals surface area contributed by atoms with Crippen LogP contribution in [0, 0.1) is 0 Å². The summed E-state index contributed by atoms with van der Waals surface area (Å²) in [7, 11) is 1.15. The molecule has 96 valence electrons. The maximum absolute atomic E-state index is 12.9. The summed E-state index contributed by atoms with van der Waals surface area (Å²) in [6.07, 6.45) is -4.24. The molecule has 0 amide bonds. The quantitative estimate of drug-likeness (QED) is 0.697. The van der Waals surface area contributed by atoms with Crippen molar-refractivity contribution in [1.29, 1.82) is 0 Å². The van der Waals surface area contributed by atoms with Crippen molar-refractivity contribution in [3.63, 3.8) is 0 Å². The highest BCUT2D eigenvalue weighted by Crippen LogP contribution is 2.42. The van der Waals surface area contributed by atoms with Crippen molar-refractivity contribution in [1.82, 2.24) is 4.90 Å². The lowest BCUT2D eigenvalue weighted by molar-refractivity contribution is -0.284. The number of halogens is 3. The number of hydrogen-bond acceptors (Lipinski definition) is 2. The summed E-state index contributed by atoms with van der Waals surface area (Å²) in [5, 5.41) is 0. The van der Waals surface area contributed by atoms with E-state index >= 15 is 0 Å². The van der Waals surface area contributed by atoms with Crippen LogP contribution in [0.2, 0.25) is 0 Å². The first kappa shape index (κ1) is 13.8. The van der Waals surface area contributed by atoms with Gasteiger partial charge in [-0.3, -0.25) is 4.90 Å². The van der Waals surface area contributed by atoms with E-state index in [4.69, 9.17) is 4.74 Å². The van der Waals surface area contributed by atoms with Crippen molar-refractivity contribution in [2.24, 2.45) is 0 Å². The van der Waals surface area contributed by atoms with Crippen molar-refractivity contribution in [2.75, 3.05) is 20.2 Å². The molecular weight excluding hydrogens is 219 g/mol. The van der Waals surface area contributed by atoms with Crippen LogP contribution in [0.15, 0.2) is 0 Å². The Kier molecular flexibility index (Phi) is 3.60. The summed E-state index contributed by atoms with van der Waals surface area (Å²) in [6.45, 7) is 6.90. The Hall–Kier alpha value is -0.290. The third-order valence-corrected chi connectivity index (χ3v) is 3.43. The Balaban J connectivity index is 2.72. The minimum atomic E-state index is -4.27. The van der Waals surface area contributed by atoms with E-state index in [-0.39, 0.29) is 18.4 Å². The zero-order valence-corrected chi connectivity index (χ0v) is 10.3. The van der Waals surface area contributed by atoms with Gasteiger partial charge in [0, 0.05) is 25.7 Å². The first-order chi connectivity index (χ1) is 7.12. The highest BCUT2D eigenvalue weighted by atomic mass is 19.4. The van der Waals surface area contributed by atoms with Gasteiger partial charge in [-0.05, 0) is 33.6 Å². The molecule has 0 spiro atoms. The van der Waals surface area contributed by atoms with E-state index in [1.54, 1.807) is 0 Å². The highest BCUT2D eigenvalue weighted by molar-refractivity contribution is 4.95. The summed E-state index contributed by atoms with van der Waals surface area (Å²) in [4.78, 5) is 2.07. The van der Waals surface area contributed by atoms with Gasteiger partial charge in [0.15, 0.2) is 5.60 Å². The third kappa shape index (κ3) is 2.51. The van der Waals surface area contributed by atoms with E-state index in [2.05, 4.69) is 4.90 Å². The van der Waals surface area contributed by atoms with Crippen LogP contribution >= 0.6 is 0 Å². The molecule has 1 aliphatic rings. The maximum atomic E-state index is 12.9. The van der Waals surface area contributed by atoms with Crippen LogP contribution in [0.3, 0.4) is 0 Å². The van der Waals surface area contributed by atoms with E-state index < -0.39 is 11.8 Å². The fourth-order valence-electron chi connectivity index (χ4n) is 2.14. The van der Waals surface area contributed by atoms with Gasteiger partial charge in [0.2, 0.25) is 0 Å². The SMILES string of the molecule is COC1(C(F)(F)F)CCN(C(C)(C)C)CC1. The smallest absolute Gasteiger partial charge is 0.369 e. The molecule has 0 aromatic carbocycles. The number of ether oxygens (including phenoxy) is 1. The topological polar surface area (TPSA) is 12.5 Å². The van der Waals surface area contributed by atoms with Crippen LogP contribution in [-0.2, 0) is 4.74 Å². The minimum Gasteiger partial charge on any atom is -0.369 e. The maximum Gasteiger partial charge on any atom is 0.417 e. The number of nitrogens with zero attached hydrogens (tertiary/aromatic N) is 1. The zero-order valence-electron chi connectivity index (χ0n) is 10.3. The number of piperidine rings is 1. The molecule has 0 atom stereocenters. The molecule has 0 bridgehead atoms. The zero-order chi connectivity index (χ0) is 12.6. The molecule has 1 aliphatic heterocycles. The van der Waals surface area contributed by atoms with Gasteiger partial charge in [-0.2, -0.15) is 13.2 Å². The van der Waals surface area contributed by atoms with Crippen LogP contribution in [-0.4, -0.2) is 42.4 Å². The fourth-order valence-corrected chi connectivity index (χ4v) is 2.14. The molecule has 0 aliphatic carbocycles. The van der Waals surface area contributed by atoms with Crippen LogP contribution in [0.25, 0.3) is 0 Å². The largest absolute Gasteiger partial charge is 0.417 e. The Labute approximate surface area is 94.8 Å². The summed E-state index contributed by atoms with van der Waals surface area (Å²) < 4.78 is 43.4. The van der Waals surface area contributed by atoms with Crippen molar-refractivity contribution in [3.05, 3.63) is 0 Å². The first-order valence-electron chi connectivity index (χ1n) is 5.49. The van der Waals surface area contributed by atoms with E-state index in [0.29, 0.717) is 13.1 Å². The van der Waals surface area contributed by atoms with E-state index in [0.717, 1.165) is 7.11 Å². The van der Waals surface area contributed by atoms with Crippen LogP contribution in [0.4, 0.5) is 13.2 Å². The predicted octanol–water partition coefficient (Wildman–Crippen LogP) is 2.83. The number of hydrogen-bond donors (Lipinski definition) is 0. The summed E-state index contributed by atoms with van der Waals surface area (Å²) in [6, 6.07) is 0. The second-order valence-electron chi connectivity index (χ2n) is 5.35. The number of rotatable bonds is 1. The van der Waals surface area contributed by atoms with Crippen molar-refractivity contribution < 1.29 is 17.9 Å². The molecule has 0 radical (unpaired) electrons. The van der Waals surface area contributed by atoms with Crippen molar-refractivity contribution in [3.8, 4) is 0 Å². The van der Waals surface area contributed by atoms with Gasteiger partial charge in [0.05, 0.1) is 0 Å². The molecule has 1 heterocycles. The number of likely N-dealkylation sites (tertiary alicyclic amines) is 1. The van der Waals surface area contributed by atoms with Gasteiger partial charge in [-0.25, -0.2) is 0 Å². The van der Waals surface area contributed by atoms with Gasteiger partial charge in [-0.15, -0.1) is 0 Å². The van der Waals surface area contributed by atoms with Gasteiger partial charge >= 0.3 is 6.18 Å². The molecule has 0 unspecified atom stereocenters. The molecule has 1 fully saturated rings. The average molecular weight is 239 g/mol. The summed E-state index contributed by atoms with van der Waals surface area (Å²) in [5.41, 5.74) is -2.01. The molecule has 0 aromatic rings. The molecule has 0 aromatic heterocycles. The van der Waals surface area contributed by atoms with Gasteiger partial charge in [-0.1, -0.05) is 0 Å². The average Bonchev–Trinajstić information content (AvgIpc) is 2.14. The molecule has 5 heteroatoms. The first-order valence-corrected chi connectivity index (χ1v) is 5.49. The normalized spacial score (nSPS) is 23.4. The molecular formula is C11H20F3NO. The molecule has 2 nitrogen and oxygen atoms in total. The van der Waals surface area contributed by atoms with Crippen LogP contribution in [0.5, 0.6) is 0 Å². The molecule has 1 rings (SSSR count). The minimum absolute atomic E-state index is 0.0181. The lowest BCUT2D eigenvalue weighted by Gasteiger charge is -2.46. The predicted molar refractivity (Wildman–Crippen MR) is 56.4 cm³/mol. The van der Waals surface area contributed by atoms with Gasteiger partial charge < -0.3 is 4.74 Å².